The summed E-state index contributed by atoms with van der Waals surface area (Å²) in [5.74, 6) is -2.09. The summed E-state index contributed by atoms with van der Waals surface area (Å²) in [4.78, 5) is 20.6. The largest absolute Gasteiger partial charge is 0.493 e. The zero-order valence-corrected chi connectivity index (χ0v) is 15.9. The number of nitrogens with one attached hydrogen (secondary N) is 1. The lowest BCUT2D eigenvalue weighted by atomic mass is 10.2. The molecule has 3 N–H and O–H groups in total. The fourth-order valence-electron chi connectivity index (χ4n) is 2.19. The van der Waals surface area contributed by atoms with Crippen LogP contribution in [0.1, 0.15) is 25.8 Å². The molecule has 0 spiro atoms. The molecule has 0 aliphatic rings. The number of carbonyl (C=O) groups is 2. The maximum Gasteiger partial charge on any atom is 0.414 e. The van der Waals surface area contributed by atoms with Gasteiger partial charge in [-0.25, -0.2) is 9.59 Å². The highest BCUT2D eigenvalue weighted by molar-refractivity contribution is 6.27. The molecule has 0 aliphatic carbocycles. The van der Waals surface area contributed by atoms with Crippen molar-refractivity contribution in [2.75, 3.05) is 40.4 Å². The van der Waals surface area contributed by atoms with E-state index in [1.165, 1.54) is 12.0 Å². The molecule has 1 aromatic rings. The van der Waals surface area contributed by atoms with E-state index < -0.39 is 11.9 Å². The van der Waals surface area contributed by atoms with E-state index >= 15 is 0 Å². The Kier molecular flexibility index (Phi) is 12.7. The smallest absolute Gasteiger partial charge is 0.414 e. The van der Waals surface area contributed by atoms with Crippen molar-refractivity contribution in [1.29, 1.82) is 0 Å². The van der Waals surface area contributed by atoms with Crippen LogP contribution in [0.2, 0.25) is 0 Å². The first-order valence-electron chi connectivity index (χ1n) is 8.49. The summed E-state index contributed by atoms with van der Waals surface area (Å²) in [5.41, 5.74) is 1.21. The molecule has 26 heavy (non-hydrogen) atoms. The van der Waals surface area contributed by atoms with Crippen molar-refractivity contribution in [3.05, 3.63) is 23.8 Å². The number of ether oxygens (including phenoxy) is 2. The van der Waals surface area contributed by atoms with Crippen LogP contribution in [0.5, 0.6) is 11.5 Å². The Hall–Kier alpha value is -2.32. The van der Waals surface area contributed by atoms with E-state index in [-0.39, 0.29) is 0 Å². The molecule has 148 valence electrons. The molecule has 0 fully saturated rings. The van der Waals surface area contributed by atoms with Crippen LogP contribution in [0.4, 0.5) is 0 Å². The number of nitrogens with zero attached hydrogens (tertiary/aromatic N) is 1. The predicted molar refractivity (Wildman–Crippen MR) is 98.9 cm³/mol. The van der Waals surface area contributed by atoms with Gasteiger partial charge in [0.1, 0.15) is 0 Å². The molecule has 0 saturated heterocycles. The molecule has 0 heterocycles. The average Bonchev–Trinajstić information content (AvgIpc) is 2.64. The maximum absolute atomic E-state index is 9.10. The van der Waals surface area contributed by atoms with Gasteiger partial charge in [0.05, 0.1) is 14.2 Å². The normalized spacial score (nSPS) is 10.0. The van der Waals surface area contributed by atoms with E-state index in [9.17, 15) is 0 Å². The molecular weight excluding hydrogens is 340 g/mol. The summed E-state index contributed by atoms with van der Waals surface area (Å²) in [7, 11) is 3.32. The number of hydrogen-bond donors (Lipinski definition) is 3. The number of rotatable bonds is 10. The van der Waals surface area contributed by atoms with Crippen LogP contribution in [0.3, 0.4) is 0 Å². The Morgan fingerprint density at radius 2 is 1.62 bits per heavy atom. The van der Waals surface area contributed by atoms with Gasteiger partial charge in [0.15, 0.2) is 11.5 Å². The topological polar surface area (TPSA) is 108 Å². The molecule has 0 aromatic heterocycles. The van der Waals surface area contributed by atoms with Gasteiger partial charge in [0.2, 0.25) is 0 Å². The van der Waals surface area contributed by atoms with E-state index in [1.807, 2.05) is 12.1 Å². The fraction of sp³-hybridized carbons (Fsp3) is 0.556. The lowest BCUT2D eigenvalue weighted by Gasteiger charge is -2.17. The number of benzene rings is 1. The van der Waals surface area contributed by atoms with Gasteiger partial charge < -0.3 is 29.9 Å². The van der Waals surface area contributed by atoms with Crippen LogP contribution in [0.15, 0.2) is 18.2 Å². The third-order valence-electron chi connectivity index (χ3n) is 3.68. The minimum absolute atomic E-state index is 0.776. The Morgan fingerprint density at radius 3 is 2.08 bits per heavy atom. The Bertz CT molecular complexity index is 534. The Morgan fingerprint density at radius 1 is 1.04 bits per heavy atom. The first kappa shape index (κ1) is 23.7. The van der Waals surface area contributed by atoms with Gasteiger partial charge in [0.25, 0.3) is 0 Å². The van der Waals surface area contributed by atoms with E-state index in [1.54, 1.807) is 14.2 Å². The minimum atomic E-state index is -1.82. The summed E-state index contributed by atoms with van der Waals surface area (Å²) in [6, 6.07) is 6.04. The second-order valence-electron chi connectivity index (χ2n) is 5.36. The Balaban J connectivity index is 0.000000896. The van der Waals surface area contributed by atoms with Gasteiger partial charge in [-0.3, -0.25) is 0 Å². The molecule has 0 unspecified atom stereocenters. The monoisotopic (exact) mass is 370 g/mol. The quantitative estimate of drug-likeness (QED) is 0.422. The van der Waals surface area contributed by atoms with Gasteiger partial charge in [-0.1, -0.05) is 19.9 Å². The predicted octanol–water partition coefficient (Wildman–Crippen LogP) is 1.68. The fourth-order valence-corrected chi connectivity index (χ4v) is 2.19. The molecule has 8 heteroatoms. The zero-order valence-electron chi connectivity index (χ0n) is 15.9. The molecule has 0 saturated carbocycles. The first-order chi connectivity index (χ1) is 12.4. The van der Waals surface area contributed by atoms with Crippen molar-refractivity contribution in [2.24, 2.45) is 0 Å². The van der Waals surface area contributed by atoms with E-state index in [4.69, 9.17) is 29.3 Å². The van der Waals surface area contributed by atoms with Crippen LogP contribution < -0.4 is 14.8 Å². The van der Waals surface area contributed by atoms with E-state index in [2.05, 4.69) is 30.1 Å². The van der Waals surface area contributed by atoms with Crippen LogP contribution in [0.25, 0.3) is 0 Å². The first-order valence-corrected chi connectivity index (χ1v) is 8.49. The summed E-state index contributed by atoms with van der Waals surface area (Å²) >= 11 is 0. The number of carboxylic acids is 2. The molecule has 1 rings (SSSR count). The summed E-state index contributed by atoms with van der Waals surface area (Å²) in [6.45, 7) is 9.73. The van der Waals surface area contributed by atoms with E-state index in [0.29, 0.717) is 0 Å². The third-order valence-corrected chi connectivity index (χ3v) is 3.68. The van der Waals surface area contributed by atoms with Crippen molar-refractivity contribution in [3.8, 4) is 11.5 Å². The van der Waals surface area contributed by atoms with Gasteiger partial charge in [-0.15, -0.1) is 0 Å². The van der Waals surface area contributed by atoms with Crippen molar-refractivity contribution in [2.45, 2.75) is 26.8 Å². The van der Waals surface area contributed by atoms with Crippen LogP contribution in [-0.2, 0) is 16.1 Å². The van der Waals surface area contributed by atoms with Crippen molar-refractivity contribution in [1.82, 2.24) is 10.2 Å². The van der Waals surface area contributed by atoms with Crippen molar-refractivity contribution < 1.29 is 29.3 Å². The molecule has 0 bridgehead atoms. The molecule has 0 atom stereocenters. The lowest BCUT2D eigenvalue weighted by molar-refractivity contribution is -0.159. The van der Waals surface area contributed by atoms with Gasteiger partial charge in [-0.05, 0) is 50.3 Å². The minimum Gasteiger partial charge on any atom is -0.493 e. The van der Waals surface area contributed by atoms with Crippen LogP contribution >= 0.6 is 0 Å². The van der Waals surface area contributed by atoms with Crippen molar-refractivity contribution >= 4 is 11.9 Å². The van der Waals surface area contributed by atoms with Gasteiger partial charge in [-0.2, -0.15) is 0 Å². The van der Waals surface area contributed by atoms with Crippen LogP contribution in [0, 0.1) is 0 Å². The number of aliphatic carboxylic acids is 2. The lowest BCUT2D eigenvalue weighted by Crippen LogP contribution is -2.27. The standard InChI is InChI=1S/C16H28N2O2.C2H2O4/c1-5-18(6-2)11-7-10-17-13-14-8-9-15(19-3)16(12-14)20-4;3-1(4)2(5)6/h8-9,12,17H,5-7,10-11,13H2,1-4H3;(H,3,4)(H,5,6). The second-order valence-corrected chi connectivity index (χ2v) is 5.36. The second kappa shape index (κ2) is 13.9. The SMILES string of the molecule is CCN(CC)CCCNCc1ccc(OC)c(OC)c1.O=C(O)C(=O)O. The summed E-state index contributed by atoms with van der Waals surface area (Å²) in [6.07, 6.45) is 1.18. The molecule has 0 aliphatic heterocycles. The summed E-state index contributed by atoms with van der Waals surface area (Å²) in [5, 5.41) is 18.3. The number of carboxylic acid groups (broad SMARTS) is 2. The van der Waals surface area contributed by atoms with Gasteiger partial charge >= 0.3 is 11.9 Å². The summed E-state index contributed by atoms with van der Waals surface area (Å²) < 4.78 is 10.5. The highest BCUT2D eigenvalue weighted by Crippen LogP contribution is 2.27. The van der Waals surface area contributed by atoms with Crippen LogP contribution in [-0.4, -0.2) is 67.5 Å². The third kappa shape index (κ3) is 9.85. The molecule has 0 amide bonds. The van der Waals surface area contributed by atoms with Gasteiger partial charge in [0, 0.05) is 6.54 Å². The maximum atomic E-state index is 9.10. The number of hydrogen-bond acceptors (Lipinski definition) is 6. The average molecular weight is 370 g/mol. The molecule has 0 radical (unpaired) electrons. The highest BCUT2D eigenvalue weighted by Gasteiger charge is 2.05. The zero-order chi connectivity index (χ0) is 19.9. The number of methoxy groups -OCH3 is 2. The van der Waals surface area contributed by atoms with Crippen molar-refractivity contribution in [3.63, 3.8) is 0 Å². The molecule has 1 aromatic carbocycles. The molecule has 8 nitrogen and oxygen atoms in total. The van der Waals surface area contributed by atoms with E-state index in [0.717, 1.165) is 44.2 Å². The molecular formula is C18H30N2O6. The Labute approximate surface area is 154 Å². The highest BCUT2D eigenvalue weighted by atomic mass is 16.5.